The van der Waals surface area contributed by atoms with Gasteiger partial charge in [-0.25, -0.2) is 4.79 Å². The molecule has 1 N–H and O–H groups in total. The van der Waals surface area contributed by atoms with Crippen molar-refractivity contribution in [1.29, 1.82) is 0 Å². The van der Waals surface area contributed by atoms with E-state index in [9.17, 15) is 4.79 Å². The second kappa shape index (κ2) is 4.43. The van der Waals surface area contributed by atoms with Gasteiger partial charge in [0, 0.05) is 5.69 Å². The predicted molar refractivity (Wildman–Crippen MR) is 59.4 cm³/mol. The van der Waals surface area contributed by atoms with Crippen molar-refractivity contribution in [3.63, 3.8) is 0 Å². The molecule has 1 aromatic rings. The summed E-state index contributed by atoms with van der Waals surface area (Å²) in [7, 11) is 0. The molecule has 0 unspecified atom stereocenters. The molecule has 15 heavy (non-hydrogen) atoms. The molecule has 1 heterocycles. The summed E-state index contributed by atoms with van der Waals surface area (Å²) in [6.45, 7) is 7.97. The first kappa shape index (κ1) is 11.7. The maximum atomic E-state index is 11.0. The van der Waals surface area contributed by atoms with Gasteiger partial charge in [-0.15, -0.1) is 0 Å². The van der Waals surface area contributed by atoms with Gasteiger partial charge in [-0.2, -0.15) is 0 Å². The molecule has 1 aromatic heterocycles. The molecule has 3 nitrogen and oxygen atoms in total. The highest BCUT2D eigenvalue weighted by Crippen LogP contribution is 2.20. The number of hydrogen-bond acceptors (Lipinski definition) is 2. The van der Waals surface area contributed by atoms with E-state index >= 15 is 0 Å². The van der Waals surface area contributed by atoms with Gasteiger partial charge in [0.2, 0.25) is 0 Å². The predicted octanol–water partition coefficient (Wildman–Crippen LogP) is 2.77. The molecule has 0 saturated carbocycles. The summed E-state index contributed by atoms with van der Waals surface area (Å²) in [5.74, 6) is -0.559. The van der Waals surface area contributed by atoms with E-state index in [4.69, 9.17) is 5.11 Å². The van der Waals surface area contributed by atoms with Crippen LogP contribution in [0.25, 0.3) is 0 Å². The van der Waals surface area contributed by atoms with Crippen molar-refractivity contribution >= 4 is 5.97 Å². The van der Waals surface area contributed by atoms with E-state index in [1.807, 2.05) is 13.8 Å². The first-order valence-electron chi connectivity index (χ1n) is 5.21. The molecule has 1 rings (SSSR count). The van der Waals surface area contributed by atoms with Crippen LogP contribution in [0.5, 0.6) is 0 Å². The highest BCUT2D eigenvalue weighted by atomic mass is 16.4. The van der Waals surface area contributed by atoms with Crippen molar-refractivity contribution in [1.82, 2.24) is 4.98 Å². The molecule has 3 heteroatoms. The van der Waals surface area contributed by atoms with E-state index in [1.165, 1.54) is 0 Å². The fraction of sp³-hybridized carbons (Fsp3) is 0.500. The van der Waals surface area contributed by atoms with Crippen LogP contribution in [-0.2, 0) is 6.42 Å². The minimum absolute atomic E-state index is 0.332. The number of hydrogen-bond donors (Lipinski definition) is 1. The fourth-order valence-corrected chi connectivity index (χ4v) is 1.71. The van der Waals surface area contributed by atoms with Crippen molar-refractivity contribution in [2.75, 3.05) is 0 Å². The van der Waals surface area contributed by atoms with E-state index in [0.717, 1.165) is 11.3 Å². The van der Waals surface area contributed by atoms with Gasteiger partial charge in [-0.3, -0.25) is 4.98 Å². The average molecular weight is 207 g/mol. The molecular formula is C12H17NO2. The van der Waals surface area contributed by atoms with Crippen molar-refractivity contribution in [2.45, 2.75) is 40.0 Å². The second-order valence-electron chi connectivity index (χ2n) is 4.00. The zero-order chi connectivity index (χ0) is 11.6. The van der Waals surface area contributed by atoms with Gasteiger partial charge in [0.05, 0.1) is 11.3 Å². The third kappa shape index (κ3) is 2.35. The lowest BCUT2D eigenvalue weighted by molar-refractivity contribution is 0.0695. The van der Waals surface area contributed by atoms with Gasteiger partial charge < -0.3 is 5.11 Å². The van der Waals surface area contributed by atoms with Gasteiger partial charge in [0.25, 0.3) is 0 Å². The molecule has 0 radical (unpaired) electrons. The Balaban J connectivity index is 3.35. The summed E-state index contributed by atoms with van der Waals surface area (Å²) < 4.78 is 0. The number of carbonyl (C=O) groups is 1. The highest BCUT2D eigenvalue weighted by Gasteiger charge is 2.14. The van der Waals surface area contributed by atoms with Crippen LogP contribution in [0.2, 0.25) is 0 Å². The number of pyridine rings is 1. The molecule has 82 valence electrons. The average Bonchev–Trinajstić information content (AvgIpc) is 2.16. The molecule has 0 bridgehead atoms. The van der Waals surface area contributed by atoms with Crippen LogP contribution in [0, 0.1) is 6.92 Å². The molecule has 0 aliphatic rings. The molecule has 0 amide bonds. The number of carboxylic acids is 1. The first-order valence-corrected chi connectivity index (χ1v) is 5.21. The van der Waals surface area contributed by atoms with Crippen molar-refractivity contribution in [3.8, 4) is 0 Å². The Kier molecular flexibility index (Phi) is 3.45. The Bertz CT molecular complexity index is 383. The molecule has 0 aromatic carbocycles. The van der Waals surface area contributed by atoms with Gasteiger partial charge >= 0.3 is 5.97 Å². The fourth-order valence-electron chi connectivity index (χ4n) is 1.71. The van der Waals surface area contributed by atoms with Crippen LogP contribution in [0.4, 0.5) is 0 Å². The first-order chi connectivity index (χ1) is 6.97. The Hall–Kier alpha value is -1.38. The Morgan fingerprint density at radius 1 is 1.53 bits per heavy atom. The molecule has 0 saturated heterocycles. The quantitative estimate of drug-likeness (QED) is 0.829. The zero-order valence-corrected chi connectivity index (χ0v) is 9.66. The van der Waals surface area contributed by atoms with E-state index in [1.54, 1.807) is 6.07 Å². The van der Waals surface area contributed by atoms with E-state index < -0.39 is 5.97 Å². The van der Waals surface area contributed by atoms with Crippen LogP contribution in [0.3, 0.4) is 0 Å². The number of aromatic nitrogens is 1. The van der Waals surface area contributed by atoms with Crippen LogP contribution >= 0.6 is 0 Å². The van der Waals surface area contributed by atoms with E-state index in [-0.39, 0.29) is 0 Å². The summed E-state index contributed by atoms with van der Waals surface area (Å²) in [6, 6.07) is 1.73. The monoisotopic (exact) mass is 207 g/mol. The number of aryl methyl sites for hydroxylation is 2. The van der Waals surface area contributed by atoms with Crippen LogP contribution < -0.4 is 0 Å². The number of carboxylic acid groups (broad SMARTS) is 1. The third-order valence-electron chi connectivity index (χ3n) is 2.44. The summed E-state index contributed by atoms with van der Waals surface area (Å²) in [5.41, 5.74) is 2.97. The summed E-state index contributed by atoms with van der Waals surface area (Å²) in [4.78, 5) is 15.4. The SMILES string of the molecule is CCc1nc(C(C)C)c(C)cc1C(=O)O. The second-order valence-corrected chi connectivity index (χ2v) is 4.00. The molecule has 0 aliphatic carbocycles. The Morgan fingerprint density at radius 2 is 2.13 bits per heavy atom. The van der Waals surface area contributed by atoms with Gasteiger partial charge in [0.15, 0.2) is 0 Å². The molecular weight excluding hydrogens is 190 g/mol. The van der Waals surface area contributed by atoms with Gasteiger partial charge in [-0.05, 0) is 30.9 Å². The van der Waals surface area contributed by atoms with Crippen molar-refractivity contribution in [2.24, 2.45) is 0 Å². The third-order valence-corrected chi connectivity index (χ3v) is 2.44. The minimum Gasteiger partial charge on any atom is -0.478 e. The lowest BCUT2D eigenvalue weighted by Crippen LogP contribution is -2.09. The molecule has 0 aliphatic heterocycles. The maximum absolute atomic E-state index is 11.0. The standard InChI is InChI=1S/C12H17NO2/c1-5-10-9(12(14)15)6-8(4)11(13-10)7(2)3/h6-7H,5H2,1-4H3,(H,14,15). The summed E-state index contributed by atoms with van der Waals surface area (Å²) >= 11 is 0. The highest BCUT2D eigenvalue weighted by molar-refractivity contribution is 5.89. The van der Waals surface area contributed by atoms with Crippen LogP contribution in [-0.4, -0.2) is 16.1 Å². The number of rotatable bonds is 3. The number of aromatic carboxylic acids is 1. The van der Waals surface area contributed by atoms with Crippen molar-refractivity contribution < 1.29 is 9.90 Å². The molecule has 0 spiro atoms. The van der Waals surface area contributed by atoms with Crippen molar-refractivity contribution in [3.05, 3.63) is 28.6 Å². The summed E-state index contributed by atoms with van der Waals surface area (Å²) in [5, 5.41) is 9.01. The minimum atomic E-state index is -0.891. The Morgan fingerprint density at radius 3 is 2.53 bits per heavy atom. The van der Waals surface area contributed by atoms with Crippen LogP contribution in [0.1, 0.15) is 54.0 Å². The summed E-state index contributed by atoms with van der Waals surface area (Å²) in [6.07, 6.45) is 0.654. The van der Waals surface area contributed by atoms with E-state index in [0.29, 0.717) is 23.6 Å². The topological polar surface area (TPSA) is 50.2 Å². The van der Waals surface area contributed by atoms with Gasteiger partial charge in [0.1, 0.15) is 0 Å². The van der Waals surface area contributed by atoms with Gasteiger partial charge in [-0.1, -0.05) is 20.8 Å². The largest absolute Gasteiger partial charge is 0.478 e. The van der Waals surface area contributed by atoms with E-state index in [2.05, 4.69) is 18.8 Å². The maximum Gasteiger partial charge on any atom is 0.337 e. The zero-order valence-electron chi connectivity index (χ0n) is 9.66. The molecule has 0 atom stereocenters. The molecule has 0 fully saturated rings. The normalized spacial score (nSPS) is 10.7. The Labute approximate surface area is 90.2 Å². The lowest BCUT2D eigenvalue weighted by Gasteiger charge is -2.12. The van der Waals surface area contributed by atoms with Crippen LogP contribution in [0.15, 0.2) is 6.07 Å². The smallest absolute Gasteiger partial charge is 0.337 e. The lowest BCUT2D eigenvalue weighted by atomic mass is 10.0. The number of nitrogens with zero attached hydrogens (tertiary/aromatic N) is 1.